The van der Waals surface area contributed by atoms with Crippen molar-refractivity contribution < 1.29 is 14.3 Å². The first kappa shape index (κ1) is 11.2. The molecule has 0 fully saturated rings. The summed E-state index contributed by atoms with van der Waals surface area (Å²) >= 11 is 0. The first-order valence-corrected chi connectivity index (χ1v) is 5.09. The van der Waals surface area contributed by atoms with Crippen molar-refractivity contribution in [2.75, 3.05) is 5.32 Å². The number of hydrogen-bond acceptors (Lipinski definition) is 4. The van der Waals surface area contributed by atoms with Crippen molar-refractivity contribution in [2.24, 2.45) is 0 Å². The van der Waals surface area contributed by atoms with Gasteiger partial charge in [-0.25, -0.2) is 4.98 Å². The van der Waals surface area contributed by atoms with Gasteiger partial charge in [0, 0.05) is 11.3 Å². The molecule has 0 saturated heterocycles. The predicted molar refractivity (Wildman–Crippen MR) is 62.0 cm³/mol. The topological polar surface area (TPSA) is 75.4 Å². The third-order valence-electron chi connectivity index (χ3n) is 2.51. The molecule has 1 heterocycles. The summed E-state index contributed by atoms with van der Waals surface area (Å²) in [5.74, 6) is -0.0708. The molecule has 0 aliphatic rings. The molecular weight excluding hydrogens is 220 g/mol. The normalized spacial score (nSPS) is 10.2. The van der Waals surface area contributed by atoms with Crippen molar-refractivity contribution in [3.8, 4) is 5.75 Å². The molecule has 5 heteroatoms. The van der Waals surface area contributed by atoms with Crippen LogP contribution in [-0.2, 0) is 0 Å². The smallest absolute Gasteiger partial charge is 0.293 e. The molecule has 17 heavy (non-hydrogen) atoms. The van der Waals surface area contributed by atoms with Crippen LogP contribution < -0.4 is 5.32 Å². The van der Waals surface area contributed by atoms with Gasteiger partial charge >= 0.3 is 0 Å². The molecule has 0 saturated carbocycles. The molecule has 0 aliphatic heterocycles. The highest BCUT2D eigenvalue weighted by Crippen LogP contribution is 2.24. The Morgan fingerprint density at radius 3 is 2.82 bits per heavy atom. The molecule has 1 amide bonds. The van der Waals surface area contributed by atoms with Gasteiger partial charge in [-0.3, -0.25) is 4.79 Å². The number of rotatable bonds is 2. The van der Waals surface area contributed by atoms with Gasteiger partial charge < -0.3 is 14.8 Å². The van der Waals surface area contributed by atoms with E-state index >= 15 is 0 Å². The number of hydrogen-bond donors (Lipinski definition) is 2. The van der Waals surface area contributed by atoms with Crippen LogP contribution >= 0.6 is 0 Å². The second-order valence-electron chi connectivity index (χ2n) is 3.67. The zero-order chi connectivity index (χ0) is 12.4. The van der Waals surface area contributed by atoms with Crippen LogP contribution in [-0.4, -0.2) is 16.0 Å². The highest BCUT2D eigenvalue weighted by molar-refractivity contribution is 6.03. The summed E-state index contributed by atoms with van der Waals surface area (Å²) in [6, 6.07) is 4.93. The average Bonchev–Trinajstić information content (AvgIpc) is 2.71. The van der Waals surface area contributed by atoms with E-state index in [1.807, 2.05) is 0 Å². The van der Waals surface area contributed by atoms with Crippen LogP contribution in [0.15, 0.2) is 29.0 Å². The summed E-state index contributed by atoms with van der Waals surface area (Å²) < 4.78 is 4.98. The maximum Gasteiger partial charge on any atom is 0.293 e. The minimum Gasteiger partial charge on any atom is -0.508 e. The number of carbonyl (C=O) groups excluding carboxylic acids is 1. The van der Waals surface area contributed by atoms with Gasteiger partial charge in [-0.1, -0.05) is 6.07 Å². The van der Waals surface area contributed by atoms with Gasteiger partial charge in [0.15, 0.2) is 6.39 Å². The SMILES string of the molecule is Cc1ncoc1C(=O)Nc1cccc(O)c1C. The predicted octanol–water partition coefficient (Wildman–Crippen LogP) is 2.25. The van der Waals surface area contributed by atoms with E-state index in [0.717, 1.165) is 0 Å². The van der Waals surface area contributed by atoms with Gasteiger partial charge in [0.05, 0.1) is 5.69 Å². The monoisotopic (exact) mass is 232 g/mol. The minimum atomic E-state index is -0.381. The van der Waals surface area contributed by atoms with Crippen LogP contribution in [0.25, 0.3) is 0 Å². The van der Waals surface area contributed by atoms with Gasteiger partial charge in [-0.2, -0.15) is 0 Å². The lowest BCUT2D eigenvalue weighted by molar-refractivity contribution is 0.0996. The molecule has 0 aliphatic carbocycles. The standard InChI is InChI=1S/C12H12N2O3/c1-7-9(4-3-5-10(7)15)14-12(16)11-8(2)13-6-17-11/h3-6,15H,1-2H3,(H,14,16). The number of aryl methyl sites for hydroxylation is 1. The number of amides is 1. The van der Waals surface area contributed by atoms with E-state index in [1.165, 1.54) is 6.39 Å². The lowest BCUT2D eigenvalue weighted by Crippen LogP contribution is -2.13. The van der Waals surface area contributed by atoms with Crippen LogP contribution in [0, 0.1) is 13.8 Å². The number of nitrogens with one attached hydrogen (secondary N) is 1. The maximum absolute atomic E-state index is 11.8. The summed E-state index contributed by atoms with van der Waals surface area (Å²) in [7, 11) is 0. The minimum absolute atomic E-state index is 0.136. The van der Waals surface area contributed by atoms with Gasteiger partial charge in [0.1, 0.15) is 5.75 Å². The third kappa shape index (κ3) is 2.13. The Balaban J connectivity index is 2.25. The van der Waals surface area contributed by atoms with Crippen molar-refractivity contribution in [3.05, 3.63) is 41.6 Å². The Hall–Kier alpha value is -2.30. The molecule has 0 radical (unpaired) electrons. The zero-order valence-corrected chi connectivity index (χ0v) is 9.52. The third-order valence-corrected chi connectivity index (χ3v) is 2.51. The molecule has 5 nitrogen and oxygen atoms in total. The number of aromatic hydroxyl groups is 1. The average molecular weight is 232 g/mol. The lowest BCUT2D eigenvalue weighted by Gasteiger charge is -2.08. The summed E-state index contributed by atoms with van der Waals surface area (Å²) in [6.45, 7) is 3.41. The summed E-state index contributed by atoms with van der Waals surface area (Å²) in [5, 5.41) is 12.2. The largest absolute Gasteiger partial charge is 0.508 e. The molecule has 0 atom stereocenters. The first-order chi connectivity index (χ1) is 8.09. The number of phenols is 1. The van der Waals surface area contributed by atoms with Crippen LogP contribution in [0.4, 0.5) is 5.69 Å². The van der Waals surface area contributed by atoms with Crippen molar-refractivity contribution >= 4 is 11.6 Å². The van der Waals surface area contributed by atoms with Crippen LogP contribution in [0.5, 0.6) is 5.75 Å². The van der Waals surface area contributed by atoms with E-state index in [0.29, 0.717) is 16.9 Å². The first-order valence-electron chi connectivity index (χ1n) is 5.09. The van der Waals surface area contributed by atoms with Crippen molar-refractivity contribution in [3.63, 3.8) is 0 Å². The van der Waals surface area contributed by atoms with Crippen LogP contribution in [0.3, 0.4) is 0 Å². The van der Waals surface area contributed by atoms with E-state index in [2.05, 4.69) is 10.3 Å². The number of aromatic nitrogens is 1. The molecule has 0 bridgehead atoms. The molecule has 1 aromatic carbocycles. The second-order valence-corrected chi connectivity index (χ2v) is 3.67. The Bertz CT molecular complexity index is 561. The lowest BCUT2D eigenvalue weighted by atomic mass is 10.2. The van der Waals surface area contributed by atoms with Crippen molar-refractivity contribution in [1.29, 1.82) is 0 Å². The zero-order valence-electron chi connectivity index (χ0n) is 9.52. The molecule has 1 aromatic heterocycles. The van der Waals surface area contributed by atoms with Gasteiger partial charge in [-0.05, 0) is 26.0 Å². The van der Waals surface area contributed by atoms with Gasteiger partial charge in [0.25, 0.3) is 5.91 Å². The summed E-state index contributed by atoms with van der Waals surface area (Å²) in [6.07, 6.45) is 1.22. The highest BCUT2D eigenvalue weighted by atomic mass is 16.3. The quantitative estimate of drug-likeness (QED) is 0.832. The number of oxazole rings is 1. The number of anilines is 1. The van der Waals surface area contributed by atoms with E-state index in [4.69, 9.17) is 4.42 Å². The fourth-order valence-corrected chi connectivity index (χ4v) is 1.46. The van der Waals surface area contributed by atoms with E-state index in [1.54, 1.807) is 32.0 Å². The fourth-order valence-electron chi connectivity index (χ4n) is 1.46. The second kappa shape index (κ2) is 4.29. The van der Waals surface area contributed by atoms with Crippen molar-refractivity contribution in [2.45, 2.75) is 13.8 Å². The molecule has 0 spiro atoms. The Morgan fingerprint density at radius 1 is 1.41 bits per heavy atom. The highest BCUT2D eigenvalue weighted by Gasteiger charge is 2.15. The van der Waals surface area contributed by atoms with E-state index in [-0.39, 0.29) is 17.4 Å². The summed E-state index contributed by atoms with van der Waals surface area (Å²) in [4.78, 5) is 15.7. The van der Waals surface area contributed by atoms with Crippen LogP contribution in [0.2, 0.25) is 0 Å². The Labute approximate surface area is 98.1 Å². The number of carbonyl (C=O) groups is 1. The molecular formula is C12H12N2O3. The van der Waals surface area contributed by atoms with E-state index in [9.17, 15) is 9.90 Å². The number of phenolic OH excluding ortho intramolecular Hbond substituents is 1. The molecule has 2 rings (SSSR count). The maximum atomic E-state index is 11.8. The Kier molecular flexibility index (Phi) is 2.82. The van der Waals surface area contributed by atoms with E-state index < -0.39 is 0 Å². The summed E-state index contributed by atoms with van der Waals surface area (Å²) in [5.41, 5.74) is 1.68. The molecule has 2 aromatic rings. The molecule has 0 unspecified atom stereocenters. The molecule has 2 N–H and O–H groups in total. The molecule has 88 valence electrons. The van der Waals surface area contributed by atoms with Gasteiger partial charge in [-0.15, -0.1) is 0 Å². The fraction of sp³-hybridized carbons (Fsp3) is 0.167. The van der Waals surface area contributed by atoms with Crippen LogP contribution in [0.1, 0.15) is 21.8 Å². The number of nitrogens with zero attached hydrogens (tertiary/aromatic N) is 1. The number of benzene rings is 1. The Morgan fingerprint density at radius 2 is 2.18 bits per heavy atom. The van der Waals surface area contributed by atoms with Crippen molar-refractivity contribution in [1.82, 2.24) is 4.98 Å². The van der Waals surface area contributed by atoms with Gasteiger partial charge in [0.2, 0.25) is 5.76 Å².